The number of thiophene rings is 1. The zero-order valence-corrected chi connectivity index (χ0v) is 18.7. The van der Waals surface area contributed by atoms with Crippen molar-refractivity contribution < 1.29 is 14.0 Å². The molecule has 0 saturated heterocycles. The number of carbonyl (C=O) groups is 2. The molecule has 32 heavy (non-hydrogen) atoms. The largest absolute Gasteiger partial charge is 0.357 e. The number of benzene rings is 2. The van der Waals surface area contributed by atoms with E-state index in [1.807, 2.05) is 35.7 Å². The standard InChI is InChI=1S/C26H23FN2O2S/c1-26(2)14-19-23(21(30)15-26)24(16-9-11-17(27)12-10-16)29(25(31)22-8-5-13-32-22)20-7-4-3-6-18(20)28-19/h3-13,24,28H,14-15H2,1-2H3/t24-/m1/s1. The molecule has 5 rings (SSSR count). The van der Waals surface area contributed by atoms with Crippen molar-refractivity contribution in [1.29, 1.82) is 0 Å². The van der Waals surface area contributed by atoms with Gasteiger partial charge in [0.15, 0.2) is 5.78 Å². The summed E-state index contributed by atoms with van der Waals surface area (Å²) in [6.07, 6.45) is 1.07. The lowest BCUT2D eigenvalue weighted by molar-refractivity contribution is -0.118. The van der Waals surface area contributed by atoms with Crippen molar-refractivity contribution in [3.8, 4) is 0 Å². The van der Waals surface area contributed by atoms with Crippen molar-refractivity contribution in [2.24, 2.45) is 5.41 Å². The van der Waals surface area contributed by atoms with Gasteiger partial charge in [0.2, 0.25) is 0 Å². The highest BCUT2D eigenvalue weighted by atomic mass is 32.1. The molecule has 1 aliphatic carbocycles. The van der Waals surface area contributed by atoms with Crippen molar-refractivity contribution in [2.75, 3.05) is 10.2 Å². The Morgan fingerprint density at radius 3 is 2.53 bits per heavy atom. The Hall–Kier alpha value is -3.25. The van der Waals surface area contributed by atoms with Crippen molar-refractivity contribution in [3.05, 3.63) is 93.6 Å². The van der Waals surface area contributed by atoms with Crippen LogP contribution in [0.3, 0.4) is 0 Å². The average Bonchev–Trinajstić information content (AvgIpc) is 3.23. The summed E-state index contributed by atoms with van der Waals surface area (Å²) in [5, 5.41) is 5.35. The molecule has 2 heterocycles. The first-order valence-corrected chi connectivity index (χ1v) is 11.5. The Morgan fingerprint density at radius 2 is 1.81 bits per heavy atom. The maximum absolute atomic E-state index is 13.8. The predicted molar refractivity (Wildman–Crippen MR) is 125 cm³/mol. The van der Waals surface area contributed by atoms with E-state index in [0.717, 1.165) is 11.4 Å². The number of para-hydroxylation sites is 2. The molecule has 1 amide bonds. The molecule has 2 aromatic carbocycles. The number of hydrogen-bond donors (Lipinski definition) is 1. The van der Waals surface area contributed by atoms with Gasteiger partial charge in [0.1, 0.15) is 5.82 Å². The van der Waals surface area contributed by atoms with E-state index in [2.05, 4.69) is 19.2 Å². The smallest absolute Gasteiger partial charge is 0.269 e. The van der Waals surface area contributed by atoms with Crippen LogP contribution in [0.15, 0.2) is 77.3 Å². The average molecular weight is 447 g/mol. The molecule has 0 unspecified atom stereocenters. The molecular formula is C26H23FN2O2S. The number of amides is 1. The first kappa shape index (κ1) is 20.6. The number of ketones is 1. The lowest BCUT2D eigenvalue weighted by atomic mass is 9.73. The van der Waals surface area contributed by atoms with Gasteiger partial charge >= 0.3 is 0 Å². The van der Waals surface area contributed by atoms with E-state index >= 15 is 0 Å². The predicted octanol–water partition coefficient (Wildman–Crippen LogP) is 6.34. The van der Waals surface area contributed by atoms with Crippen LogP contribution in [0, 0.1) is 11.2 Å². The number of nitrogens with zero attached hydrogens (tertiary/aromatic N) is 1. The van der Waals surface area contributed by atoms with Gasteiger partial charge in [0, 0.05) is 17.7 Å². The van der Waals surface area contributed by atoms with E-state index < -0.39 is 6.04 Å². The molecule has 1 N–H and O–H groups in total. The van der Waals surface area contributed by atoms with Gasteiger partial charge in [-0.1, -0.05) is 44.2 Å². The monoisotopic (exact) mass is 446 g/mol. The Bertz CT molecular complexity index is 1230. The molecule has 3 aromatic rings. The molecule has 0 spiro atoms. The van der Waals surface area contributed by atoms with Crippen molar-refractivity contribution in [2.45, 2.75) is 32.7 Å². The molecule has 2 aliphatic rings. The van der Waals surface area contributed by atoms with Gasteiger partial charge in [-0.3, -0.25) is 14.5 Å². The molecule has 1 aliphatic heterocycles. The van der Waals surface area contributed by atoms with E-state index in [0.29, 0.717) is 34.5 Å². The number of allylic oxidation sites excluding steroid dienone is 1. The SMILES string of the molecule is CC1(C)CC(=O)C2=C(C1)Nc1ccccc1N(C(=O)c1cccs1)[C@@H]2c1ccc(F)cc1. The van der Waals surface area contributed by atoms with Crippen molar-refractivity contribution >= 4 is 34.4 Å². The maximum Gasteiger partial charge on any atom is 0.269 e. The summed E-state index contributed by atoms with van der Waals surface area (Å²) in [6.45, 7) is 4.16. The quantitative estimate of drug-likeness (QED) is 0.499. The van der Waals surface area contributed by atoms with Gasteiger partial charge in [-0.05, 0) is 53.1 Å². The van der Waals surface area contributed by atoms with Crippen LogP contribution in [0.5, 0.6) is 0 Å². The van der Waals surface area contributed by atoms with Gasteiger partial charge in [-0.2, -0.15) is 0 Å². The van der Waals surface area contributed by atoms with Crippen LogP contribution >= 0.6 is 11.3 Å². The molecule has 0 fully saturated rings. The highest BCUT2D eigenvalue weighted by Gasteiger charge is 2.43. The van der Waals surface area contributed by atoms with Crippen LogP contribution in [0.25, 0.3) is 0 Å². The van der Waals surface area contributed by atoms with Gasteiger partial charge < -0.3 is 5.32 Å². The number of rotatable bonds is 2. The Morgan fingerprint density at radius 1 is 1.06 bits per heavy atom. The molecule has 6 heteroatoms. The molecule has 1 aromatic heterocycles. The first-order chi connectivity index (χ1) is 15.3. The van der Waals surface area contributed by atoms with E-state index in [9.17, 15) is 14.0 Å². The number of Topliss-reactive ketones (excluding diaryl/α,β-unsaturated/α-hetero) is 1. The molecule has 4 nitrogen and oxygen atoms in total. The molecule has 0 saturated carbocycles. The fraction of sp³-hybridized carbons (Fsp3) is 0.231. The van der Waals surface area contributed by atoms with Gasteiger partial charge in [-0.25, -0.2) is 4.39 Å². The first-order valence-electron chi connectivity index (χ1n) is 10.6. The number of anilines is 2. The number of hydrogen-bond acceptors (Lipinski definition) is 4. The summed E-state index contributed by atoms with van der Waals surface area (Å²) < 4.78 is 13.8. The van der Waals surface area contributed by atoms with Gasteiger partial charge in [0.05, 0.1) is 22.3 Å². The van der Waals surface area contributed by atoms with E-state index in [1.54, 1.807) is 23.1 Å². The maximum atomic E-state index is 13.8. The lowest BCUT2D eigenvalue weighted by Crippen LogP contribution is -2.39. The second-order valence-corrected chi connectivity index (χ2v) is 10.0. The van der Waals surface area contributed by atoms with E-state index in [4.69, 9.17) is 0 Å². The summed E-state index contributed by atoms with van der Waals surface area (Å²) in [7, 11) is 0. The molecule has 1 atom stereocenters. The molecular weight excluding hydrogens is 423 g/mol. The highest BCUT2D eigenvalue weighted by molar-refractivity contribution is 7.12. The zero-order chi connectivity index (χ0) is 22.5. The number of carbonyl (C=O) groups excluding carboxylic acids is 2. The normalized spacial score (nSPS) is 19.7. The fourth-order valence-corrected chi connectivity index (χ4v) is 5.35. The van der Waals surface area contributed by atoms with Gasteiger partial charge in [0.25, 0.3) is 5.91 Å². The van der Waals surface area contributed by atoms with Crippen molar-refractivity contribution in [1.82, 2.24) is 0 Å². The minimum Gasteiger partial charge on any atom is -0.357 e. The highest BCUT2D eigenvalue weighted by Crippen LogP contribution is 2.48. The minimum absolute atomic E-state index is 0.00913. The van der Waals surface area contributed by atoms with Crippen LogP contribution in [-0.4, -0.2) is 11.7 Å². The molecule has 0 bridgehead atoms. The second kappa shape index (κ2) is 7.71. The Labute approximate surface area is 190 Å². The van der Waals surface area contributed by atoms with E-state index in [-0.39, 0.29) is 22.9 Å². The number of halogens is 1. The third-order valence-corrected chi connectivity index (χ3v) is 6.90. The topological polar surface area (TPSA) is 49.4 Å². The summed E-state index contributed by atoms with van der Waals surface area (Å²) in [4.78, 5) is 29.7. The number of fused-ring (bicyclic) bond motifs is 1. The van der Waals surface area contributed by atoms with Crippen LogP contribution in [0.4, 0.5) is 15.8 Å². The summed E-state index contributed by atoms with van der Waals surface area (Å²) in [5.41, 5.74) is 3.39. The summed E-state index contributed by atoms with van der Waals surface area (Å²) in [6, 6.07) is 16.7. The van der Waals surface area contributed by atoms with E-state index in [1.165, 1.54) is 23.5 Å². The Balaban J connectivity index is 1.79. The zero-order valence-electron chi connectivity index (χ0n) is 17.9. The molecule has 162 valence electrons. The third-order valence-electron chi connectivity index (χ3n) is 6.04. The van der Waals surface area contributed by atoms with Crippen molar-refractivity contribution in [3.63, 3.8) is 0 Å². The molecule has 0 radical (unpaired) electrons. The second-order valence-electron chi connectivity index (χ2n) is 9.08. The van der Waals surface area contributed by atoms with Gasteiger partial charge in [-0.15, -0.1) is 11.3 Å². The van der Waals surface area contributed by atoms with Crippen LogP contribution in [0.2, 0.25) is 0 Å². The number of nitrogens with one attached hydrogen (secondary N) is 1. The van der Waals surface area contributed by atoms with Crippen LogP contribution < -0.4 is 10.2 Å². The fourth-order valence-electron chi connectivity index (χ4n) is 4.69. The lowest BCUT2D eigenvalue weighted by Gasteiger charge is -2.37. The third kappa shape index (κ3) is 3.54. The van der Waals surface area contributed by atoms with Crippen LogP contribution in [0.1, 0.15) is 48.0 Å². The van der Waals surface area contributed by atoms with Crippen LogP contribution in [-0.2, 0) is 4.79 Å². The Kier molecular flexibility index (Phi) is 4.97. The minimum atomic E-state index is -0.653. The summed E-state index contributed by atoms with van der Waals surface area (Å²) in [5.74, 6) is -0.535. The summed E-state index contributed by atoms with van der Waals surface area (Å²) >= 11 is 1.36.